The lowest BCUT2D eigenvalue weighted by Crippen LogP contribution is -2.41. The van der Waals surface area contributed by atoms with Crippen LogP contribution in [0.4, 0.5) is 0 Å². The van der Waals surface area contributed by atoms with Crippen molar-refractivity contribution in [3.63, 3.8) is 0 Å². The van der Waals surface area contributed by atoms with Crippen LogP contribution in [0.15, 0.2) is 60.7 Å². The molecule has 0 heterocycles. The molecule has 3 N–H and O–H groups in total. The van der Waals surface area contributed by atoms with Crippen LogP contribution >= 0.6 is 0 Å². The second kappa shape index (κ2) is 29.4. The molecular formula is C42H62N2O8. The van der Waals surface area contributed by atoms with Crippen LogP contribution in [0.25, 0.3) is 0 Å². The molecule has 0 aliphatic heterocycles. The molecule has 288 valence electrons. The van der Waals surface area contributed by atoms with Crippen LogP contribution in [-0.4, -0.2) is 47.4 Å². The predicted octanol–water partition coefficient (Wildman–Crippen LogP) is 8.35. The number of ether oxygens (including phenoxy) is 2. The van der Waals surface area contributed by atoms with Crippen molar-refractivity contribution in [2.24, 2.45) is 0 Å². The van der Waals surface area contributed by atoms with E-state index in [1.165, 1.54) is 51.4 Å². The summed E-state index contributed by atoms with van der Waals surface area (Å²) < 4.78 is 10.8. The highest BCUT2D eigenvalue weighted by Gasteiger charge is 2.22. The van der Waals surface area contributed by atoms with E-state index in [4.69, 9.17) is 14.6 Å². The van der Waals surface area contributed by atoms with Gasteiger partial charge in [-0.15, -0.1) is 0 Å². The molecule has 0 saturated heterocycles. The lowest BCUT2D eigenvalue weighted by atomic mass is 10.0. The van der Waals surface area contributed by atoms with Gasteiger partial charge in [0, 0.05) is 25.8 Å². The highest BCUT2D eigenvalue weighted by atomic mass is 16.5. The number of carbonyl (C=O) groups excluding carboxylic acids is 4. The number of esters is 2. The number of carboxylic acids is 1. The molecule has 0 fully saturated rings. The summed E-state index contributed by atoms with van der Waals surface area (Å²) in [5.41, 5.74) is 1.88. The Kier molecular flexibility index (Phi) is 24.8. The van der Waals surface area contributed by atoms with E-state index < -0.39 is 18.0 Å². The van der Waals surface area contributed by atoms with Crippen molar-refractivity contribution in [1.29, 1.82) is 0 Å². The number of nitrogens with one attached hydrogen (secondary N) is 2. The molecule has 10 heteroatoms. The highest BCUT2D eigenvalue weighted by molar-refractivity contribution is 5.84. The molecule has 1 unspecified atom stereocenters. The van der Waals surface area contributed by atoms with Crippen LogP contribution in [0.1, 0.15) is 146 Å². The minimum atomic E-state index is -1.02. The summed E-state index contributed by atoms with van der Waals surface area (Å²) in [5, 5.41) is 14.3. The first-order valence-electron chi connectivity index (χ1n) is 19.5. The van der Waals surface area contributed by atoms with Gasteiger partial charge >= 0.3 is 17.9 Å². The number of unbranched alkanes of at least 4 members (excludes halogenated alkanes) is 14. The Morgan fingerprint density at radius 3 is 1.52 bits per heavy atom. The number of carboxylic acid groups (broad SMARTS) is 1. The Hall–Kier alpha value is -4.21. The van der Waals surface area contributed by atoms with E-state index in [0.29, 0.717) is 45.3 Å². The van der Waals surface area contributed by atoms with Gasteiger partial charge in [0.25, 0.3) is 0 Å². The smallest absolute Gasteiger partial charge is 0.328 e. The predicted molar refractivity (Wildman–Crippen MR) is 202 cm³/mol. The summed E-state index contributed by atoms with van der Waals surface area (Å²) >= 11 is 0. The zero-order valence-electron chi connectivity index (χ0n) is 31.1. The fourth-order valence-corrected chi connectivity index (χ4v) is 5.84. The third kappa shape index (κ3) is 24.1. The molecule has 2 aromatic rings. The van der Waals surface area contributed by atoms with Crippen molar-refractivity contribution < 1.29 is 38.6 Å². The molecule has 52 heavy (non-hydrogen) atoms. The fraction of sp³-hybridized carbons (Fsp3) is 0.595. The normalized spacial score (nSPS) is 11.4. The number of rotatable bonds is 31. The maximum Gasteiger partial charge on any atom is 0.328 e. The van der Waals surface area contributed by atoms with Gasteiger partial charge in [-0.25, -0.2) is 4.79 Å². The van der Waals surface area contributed by atoms with Gasteiger partial charge in [-0.05, 0) is 43.2 Å². The molecule has 0 aliphatic carbocycles. The quantitative estimate of drug-likeness (QED) is 0.0520. The first kappa shape index (κ1) is 44.0. The second-order valence-electron chi connectivity index (χ2n) is 13.5. The molecule has 0 saturated carbocycles. The van der Waals surface area contributed by atoms with Crippen molar-refractivity contribution in [3.8, 4) is 0 Å². The van der Waals surface area contributed by atoms with Crippen molar-refractivity contribution in [2.45, 2.75) is 154 Å². The number of benzene rings is 2. The first-order chi connectivity index (χ1) is 25.3. The van der Waals surface area contributed by atoms with E-state index in [-0.39, 0.29) is 37.2 Å². The van der Waals surface area contributed by atoms with Crippen molar-refractivity contribution in [3.05, 3.63) is 71.8 Å². The molecular weight excluding hydrogens is 660 g/mol. The molecule has 0 bridgehead atoms. The minimum absolute atomic E-state index is 0.0682. The van der Waals surface area contributed by atoms with Crippen LogP contribution in [0.5, 0.6) is 0 Å². The zero-order valence-corrected chi connectivity index (χ0v) is 31.1. The Labute approximate surface area is 310 Å². The summed E-state index contributed by atoms with van der Waals surface area (Å²) in [6, 6.07) is 18.4. The summed E-state index contributed by atoms with van der Waals surface area (Å²) in [7, 11) is 0. The average Bonchev–Trinajstić information content (AvgIpc) is 3.15. The molecule has 2 amide bonds. The maximum atomic E-state index is 12.9. The summed E-state index contributed by atoms with van der Waals surface area (Å²) in [6.45, 7) is 0.852. The van der Waals surface area contributed by atoms with E-state index in [1.807, 2.05) is 60.7 Å². The number of hydrogen-bond donors (Lipinski definition) is 3. The van der Waals surface area contributed by atoms with Crippen LogP contribution in [0, 0.1) is 0 Å². The number of hydrogen-bond acceptors (Lipinski definition) is 7. The van der Waals surface area contributed by atoms with E-state index in [0.717, 1.165) is 49.7 Å². The van der Waals surface area contributed by atoms with Crippen LogP contribution in [0.3, 0.4) is 0 Å². The van der Waals surface area contributed by atoms with Gasteiger partial charge in [0.2, 0.25) is 11.8 Å². The molecule has 0 aliphatic rings. The maximum absolute atomic E-state index is 12.9. The molecule has 0 spiro atoms. The van der Waals surface area contributed by atoms with Gasteiger partial charge in [0.15, 0.2) is 0 Å². The lowest BCUT2D eigenvalue weighted by molar-refractivity contribution is -0.149. The van der Waals surface area contributed by atoms with Gasteiger partial charge in [-0.1, -0.05) is 138 Å². The van der Waals surface area contributed by atoms with E-state index >= 15 is 0 Å². The highest BCUT2D eigenvalue weighted by Crippen LogP contribution is 2.15. The van der Waals surface area contributed by atoms with Gasteiger partial charge in [-0.3, -0.25) is 19.2 Å². The second-order valence-corrected chi connectivity index (χ2v) is 13.5. The first-order valence-corrected chi connectivity index (χ1v) is 19.5. The number of amides is 2. The van der Waals surface area contributed by atoms with Crippen LogP contribution in [0.2, 0.25) is 0 Å². The van der Waals surface area contributed by atoms with Gasteiger partial charge in [0.05, 0.1) is 6.42 Å². The molecule has 2 rings (SSSR count). The standard InChI is InChI=1S/C42H62N2O8/c45-38(30-31-40(47)48)43-32-22-21-27-37(42(50)52-34-36-25-17-14-18-26-36)44-39(46)28-19-11-9-7-5-3-1-2-4-6-8-10-12-20-29-41(49)51-33-35-23-15-13-16-24-35/h13-18,23-26,37H,1-12,19-22,27-34H2,(H,43,45)(H,44,46)(H,47,48). The molecule has 0 radical (unpaired) electrons. The summed E-state index contributed by atoms with van der Waals surface area (Å²) in [5.74, 6) is -2.08. The third-order valence-corrected chi connectivity index (χ3v) is 8.93. The van der Waals surface area contributed by atoms with Gasteiger partial charge in [0.1, 0.15) is 19.3 Å². The topological polar surface area (TPSA) is 148 Å². The number of aliphatic carboxylic acids is 1. The minimum Gasteiger partial charge on any atom is -0.481 e. The molecule has 2 aromatic carbocycles. The fourth-order valence-electron chi connectivity index (χ4n) is 5.84. The van der Waals surface area contributed by atoms with Crippen molar-refractivity contribution in [1.82, 2.24) is 10.6 Å². The molecule has 10 nitrogen and oxygen atoms in total. The Morgan fingerprint density at radius 2 is 1.00 bits per heavy atom. The Bertz CT molecular complexity index is 1270. The van der Waals surface area contributed by atoms with E-state index in [9.17, 15) is 24.0 Å². The average molecular weight is 723 g/mol. The van der Waals surface area contributed by atoms with Crippen molar-refractivity contribution in [2.75, 3.05) is 6.54 Å². The SMILES string of the molecule is O=C(O)CCC(=O)NCCCCC(NC(=O)CCCCCCCCCCCCCCCCC(=O)OCc1ccccc1)C(=O)OCc1ccccc1. The lowest BCUT2D eigenvalue weighted by Gasteiger charge is -2.18. The van der Waals surface area contributed by atoms with Crippen LogP contribution < -0.4 is 10.6 Å². The van der Waals surface area contributed by atoms with E-state index in [2.05, 4.69) is 10.6 Å². The zero-order chi connectivity index (χ0) is 37.5. The van der Waals surface area contributed by atoms with E-state index in [1.54, 1.807) is 0 Å². The number of carbonyl (C=O) groups is 5. The monoisotopic (exact) mass is 722 g/mol. The Morgan fingerprint density at radius 1 is 0.519 bits per heavy atom. The Balaban J connectivity index is 1.47. The van der Waals surface area contributed by atoms with Crippen molar-refractivity contribution >= 4 is 29.7 Å². The molecule has 1 atom stereocenters. The van der Waals surface area contributed by atoms with Gasteiger partial charge in [-0.2, -0.15) is 0 Å². The molecule has 0 aromatic heterocycles. The summed E-state index contributed by atoms with van der Waals surface area (Å²) in [4.78, 5) is 59.9. The largest absolute Gasteiger partial charge is 0.481 e. The summed E-state index contributed by atoms with van der Waals surface area (Å²) in [6.07, 6.45) is 18.0. The third-order valence-electron chi connectivity index (χ3n) is 8.93. The van der Waals surface area contributed by atoms with Crippen LogP contribution in [-0.2, 0) is 46.7 Å². The van der Waals surface area contributed by atoms with Gasteiger partial charge < -0.3 is 25.2 Å².